The number of Topliss-reactive ketones (excluding diaryl/α,β-unsaturated/α-hetero) is 1. The van der Waals surface area contributed by atoms with Crippen molar-refractivity contribution in [3.8, 4) is 0 Å². The van der Waals surface area contributed by atoms with Gasteiger partial charge in [-0.1, -0.05) is 74.5 Å². The van der Waals surface area contributed by atoms with Crippen molar-refractivity contribution in [2.75, 3.05) is 11.9 Å². The van der Waals surface area contributed by atoms with Gasteiger partial charge in [0.1, 0.15) is 6.04 Å². The van der Waals surface area contributed by atoms with Crippen LogP contribution in [0.5, 0.6) is 0 Å². The minimum atomic E-state index is -1.08. The predicted octanol–water partition coefficient (Wildman–Crippen LogP) is 5.21. The molecule has 0 aliphatic carbocycles. The van der Waals surface area contributed by atoms with Gasteiger partial charge < -0.3 is 15.5 Å². The summed E-state index contributed by atoms with van der Waals surface area (Å²) in [6, 6.07) is 22.5. The number of benzene rings is 3. The number of fused-ring (bicyclic) bond motifs is 3. The Morgan fingerprint density at radius 3 is 2.53 bits per heavy atom. The summed E-state index contributed by atoms with van der Waals surface area (Å²) in [5.74, 6) is -1.25. The first kappa shape index (κ1) is 28.5. The van der Waals surface area contributed by atoms with Crippen molar-refractivity contribution < 1.29 is 19.2 Å². The predicted molar refractivity (Wildman–Crippen MR) is 168 cm³/mol. The summed E-state index contributed by atoms with van der Waals surface area (Å²) >= 11 is 1.28. The van der Waals surface area contributed by atoms with Gasteiger partial charge in [-0.15, -0.1) is 11.3 Å². The fourth-order valence-electron chi connectivity index (χ4n) is 6.07. The second kappa shape index (κ2) is 11.6. The number of nitrogens with zero attached hydrogens (tertiary/aromatic N) is 2. The number of amides is 3. The van der Waals surface area contributed by atoms with Crippen molar-refractivity contribution in [1.29, 1.82) is 0 Å². The number of anilines is 1. The summed E-state index contributed by atoms with van der Waals surface area (Å²) in [4.78, 5) is 61.2. The molecule has 0 unspecified atom stereocenters. The number of thiazole rings is 1. The maximum Gasteiger partial charge on any atom is 0.245 e. The first-order valence-electron chi connectivity index (χ1n) is 14.4. The number of carbonyl (C=O) groups is 4. The Morgan fingerprint density at radius 1 is 1.05 bits per heavy atom. The van der Waals surface area contributed by atoms with E-state index in [2.05, 4.69) is 15.6 Å². The molecular formula is C34H32N4O4S. The van der Waals surface area contributed by atoms with Crippen molar-refractivity contribution in [2.24, 2.45) is 5.92 Å². The topological polar surface area (TPSA) is 108 Å². The molecule has 1 spiro atoms. The Balaban J connectivity index is 1.34. The van der Waals surface area contributed by atoms with Crippen LogP contribution in [-0.2, 0) is 19.8 Å². The van der Waals surface area contributed by atoms with Crippen molar-refractivity contribution in [1.82, 2.24) is 15.2 Å². The van der Waals surface area contributed by atoms with E-state index >= 15 is 0 Å². The Labute approximate surface area is 253 Å². The minimum Gasteiger partial charge on any atom is -0.341 e. The molecular weight excluding hydrogens is 560 g/mol. The number of hydrogen-bond acceptors (Lipinski definition) is 6. The van der Waals surface area contributed by atoms with Crippen LogP contribution >= 0.6 is 11.3 Å². The Kier molecular flexibility index (Phi) is 7.66. The van der Waals surface area contributed by atoms with Gasteiger partial charge >= 0.3 is 0 Å². The van der Waals surface area contributed by atoms with E-state index in [4.69, 9.17) is 0 Å². The highest BCUT2D eigenvalue weighted by Gasteiger charge is 2.58. The average molecular weight is 593 g/mol. The average Bonchev–Trinajstić information content (AvgIpc) is 3.70. The zero-order chi connectivity index (χ0) is 30.1. The largest absolute Gasteiger partial charge is 0.341 e. The first-order valence-corrected chi connectivity index (χ1v) is 15.2. The molecule has 0 bridgehead atoms. The smallest absolute Gasteiger partial charge is 0.245 e. The molecule has 1 aromatic heterocycles. The van der Waals surface area contributed by atoms with Crippen LogP contribution in [0.3, 0.4) is 0 Å². The number of rotatable bonds is 8. The lowest BCUT2D eigenvalue weighted by molar-refractivity contribution is -0.136. The third kappa shape index (κ3) is 5.48. The summed E-state index contributed by atoms with van der Waals surface area (Å²) in [5.41, 5.74) is 1.94. The van der Waals surface area contributed by atoms with Gasteiger partial charge in [-0.3, -0.25) is 19.2 Å². The maximum absolute atomic E-state index is 14.4. The highest BCUT2D eigenvalue weighted by molar-refractivity contribution is 7.20. The van der Waals surface area contributed by atoms with E-state index in [-0.39, 0.29) is 36.5 Å². The third-order valence-corrected chi connectivity index (χ3v) is 9.17. The summed E-state index contributed by atoms with van der Waals surface area (Å²) in [5, 5.41) is 6.13. The van der Waals surface area contributed by atoms with Crippen LogP contribution in [0.1, 0.15) is 47.6 Å². The minimum absolute atomic E-state index is 0.0281. The van der Waals surface area contributed by atoms with Gasteiger partial charge in [0.2, 0.25) is 23.5 Å². The molecule has 0 radical (unpaired) electrons. The zero-order valence-electron chi connectivity index (χ0n) is 23.9. The summed E-state index contributed by atoms with van der Waals surface area (Å²) < 4.78 is 0.871. The van der Waals surface area contributed by atoms with Gasteiger partial charge in [-0.2, -0.15) is 0 Å². The number of carbonyl (C=O) groups excluding carboxylic acids is 4. The molecule has 218 valence electrons. The fraction of sp³-hybridized carbons (Fsp3) is 0.265. The van der Waals surface area contributed by atoms with E-state index < -0.39 is 23.4 Å². The van der Waals surface area contributed by atoms with Crippen LogP contribution in [-0.4, -0.2) is 52.0 Å². The van der Waals surface area contributed by atoms with Gasteiger partial charge in [-0.05, 0) is 54.2 Å². The molecule has 9 heteroatoms. The van der Waals surface area contributed by atoms with E-state index in [0.29, 0.717) is 22.6 Å². The molecule has 0 saturated carbocycles. The molecule has 4 aromatic rings. The highest BCUT2D eigenvalue weighted by Crippen LogP contribution is 2.47. The number of ketones is 1. The third-order valence-electron chi connectivity index (χ3n) is 8.12. The second-order valence-electron chi connectivity index (χ2n) is 11.6. The Morgan fingerprint density at radius 2 is 1.77 bits per heavy atom. The molecule has 2 aliphatic heterocycles. The van der Waals surface area contributed by atoms with E-state index in [1.165, 1.54) is 22.3 Å². The monoisotopic (exact) mass is 592 g/mol. The zero-order valence-corrected chi connectivity index (χ0v) is 24.8. The van der Waals surface area contributed by atoms with E-state index in [1.54, 1.807) is 6.08 Å². The number of nitrogens with one attached hydrogen (secondary N) is 2. The number of hydrogen-bond donors (Lipinski definition) is 2. The standard InChI is InChI=1S/C34H32N4O4S/c1-21(2)18-26(35-29(39)17-16-22-10-4-3-5-11-22)32(41)38-20-34(23-12-6-7-13-24(23)37-33(34)42)19-27(38)30(40)31-36-25-14-8-9-15-28(25)43-31/h3-17,21,26-27H,18-20H2,1-2H3,(H,35,39)(H,37,42)/b17-16+/t26-,27-,34-/m0/s1. The van der Waals surface area contributed by atoms with Crippen LogP contribution in [0.25, 0.3) is 16.3 Å². The summed E-state index contributed by atoms with van der Waals surface area (Å²) in [6.45, 7) is 3.98. The van der Waals surface area contributed by atoms with Crippen LogP contribution in [0.15, 0.2) is 84.9 Å². The summed E-state index contributed by atoms with van der Waals surface area (Å²) in [6.07, 6.45) is 3.60. The maximum atomic E-state index is 14.4. The van der Waals surface area contributed by atoms with Gasteiger partial charge in [-0.25, -0.2) is 4.98 Å². The molecule has 3 atom stereocenters. The van der Waals surface area contributed by atoms with Crippen molar-refractivity contribution in [3.63, 3.8) is 0 Å². The van der Waals surface area contributed by atoms with Crippen LogP contribution < -0.4 is 10.6 Å². The van der Waals surface area contributed by atoms with Crippen LogP contribution in [0, 0.1) is 5.92 Å². The number of likely N-dealkylation sites (tertiary alicyclic amines) is 1. The number of aromatic nitrogens is 1. The van der Waals surface area contributed by atoms with Crippen molar-refractivity contribution in [3.05, 3.63) is 101 Å². The molecule has 43 heavy (non-hydrogen) atoms. The molecule has 3 heterocycles. The van der Waals surface area contributed by atoms with Crippen molar-refractivity contribution >= 4 is 56.8 Å². The summed E-state index contributed by atoms with van der Waals surface area (Å²) in [7, 11) is 0. The lowest BCUT2D eigenvalue weighted by atomic mass is 9.79. The van der Waals surface area contributed by atoms with Gasteiger partial charge in [0, 0.05) is 18.3 Å². The highest BCUT2D eigenvalue weighted by atomic mass is 32.1. The van der Waals surface area contributed by atoms with Crippen molar-refractivity contribution in [2.45, 2.75) is 44.2 Å². The lowest BCUT2D eigenvalue weighted by Gasteiger charge is -2.29. The van der Waals surface area contributed by atoms with E-state index in [9.17, 15) is 19.2 Å². The quantitative estimate of drug-likeness (QED) is 0.216. The van der Waals surface area contributed by atoms with Gasteiger partial charge in [0.15, 0.2) is 5.01 Å². The number of para-hydroxylation sites is 2. The molecule has 2 aliphatic rings. The van der Waals surface area contributed by atoms with E-state index in [0.717, 1.165) is 15.8 Å². The molecule has 3 amide bonds. The Hall–Kier alpha value is -4.63. The second-order valence-corrected chi connectivity index (χ2v) is 12.6. The fourth-order valence-corrected chi connectivity index (χ4v) is 7.03. The normalized spacial score (nSPS) is 20.1. The van der Waals surface area contributed by atoms with Crippen LogP contribution in [0.2, 0.25) is 0 Å². The first-order chi connectivity index (χ1) is 20.7. The molecule has 3 aromatic carbocycles. The van der Waals surface area contributed by atoms with Gasteiger partial charge in [0.25, 0.3) is 0 Å². The van der Waals surface area contributed by atoms with E-state index in [1.807, 2.05) is 92.7 Å². The molecule has 1 saturated heterocycles. The molecule has 2 N–H and O–H groups in total. The molecule has 6 rings (SSSR count). The lowest BCUT2D eigenvalue weighted by Crippen LogP contribution is -2.52. The van der Waals surface area contributed by atoms with Crippen LogP contribution in [0.4, 0.5) is 5.69 Å². The van der Waals surface area contributed by atoms with Gasteiger partial charge in [0.05, 0.1) is 21.7 Å². The SMILES string of the molecule is CC(C)C[C@H](NC(=O)/C=C/c1ccccc1)C(=O)N1C[C@]2(C[C@H]1C(=O)c1nc3ccccc3s1)C(=O)Nc1ccccc12. The molecule has 1 fully saturated rings. The Bertz CT molecular complexity index is 1710. The molecule has 8 nitrogen and oxygen atoms in total.